The molecular formula is C19H16N2O6S. The maximum Gasteiger partial charge on any atom is 0.358 e. The van der Waals surface area contributed by atoms with Gasteiger partial charge in [-0.15, -0.1) is 0 Å². The van der Waals surface area contributed by atoms with Crippen molar-refractivity contribution in [2.45, 2.75) is 31.1 Å². The zero-order valence-corrected chi connectivity index (χ0v) is 15.7. The summed E-state index contributed by atoms with van der Waals surface area (Å²) in [4.78, 5) is 10.8. The van der Waals surface area contributed by atoms with Crippen LogP contribution in [0.15, 0.2) is 56.9 Å². The van der Waals surface area contributed by atoms with Gasteiger partial charge in [-0.05, 0) is 38.0 Å². The van der Waals surface area contributed by atoms with Crippen LogP contribution in [0.1, 0.15) is 29.7 Å². The lowest BCUT2D eigenvalue weighted by Crippen LogP contribution is -2.12. The van der Waals surface area contributed by atoms with Crippen LogP contribution in [0, 0.1) is 17.0 Å². The number of nitrogens with zero attached hydrogens (tertiary/aromatic N) is 2. The average Bonchev–Trinajstić information content (AvgIpc) is 3.06. The van der Waals surface area contributed by atoms with Gasteiger partial charge < -0.3 is 4.42 Å². The molecule has 0 amide bonds. The Morgan fingerprint density at radius 1 is 1.14 bits per heavy atom. The molecule has 0 aliphatic heterocycles. The predicted molar refractivity (Wildman–Crippen MR) is 102 cm³/mol. The molecule has 28 heavy (non-hydrogen) atoms. The molecule has 0 saturated carbocycles. The number of oxime groups is 1. The third-order valence-corrected chi connectivity index (χ3v) is 5.75. The van der Waals surface area contributed by atoms with Gasteiger partial charge in [0.05, 0.1) is 10.6 Å². The van der Waals surface area contributed by atoms with Crippen LogP contribution in [0.4, 0.5) is 5.69 Å². The second-order valence-corrected chi connectivity index (χ2v) is 8.07. The number of rotatable bonds is 4. The van der Waals surface area contributed by atoms with E-state index in [0.717, 1.165) is 5.56 Å². The second-order valence-electron chi connectivity index (χ2n) is 6.54. The lowest BCUT2D eigenvalue weighted by Gasteiger charge is -2.12. The molecule has 1 aliphatic rings. The van der Waals surface area contributed by atoms with Gasteiger partial charge >= 0.3 is 15.8 Å². The number of aryl methyl sites for hydroxylation is 2. The Hall–Kier alpha value is -3.20. The van der Waals surface area contributed by atoms with Gasteiger partial charge in [0, 0.05) is 23.4 Å². The Morgan fingerprint density at radius 3 is 2.61 bits per heavy atom. The second kappa shape index (κ2) is 6.75. The summed E-state index contributed by atoms with van der Waals surface area (Å²) >= 11 is 0. The van der Waals surface area contributed by atoms with E-state index in [9.17, 15) is 18.5 Å². The molecular weight excluding hydrogens is 384 g/mol. The van der Waals surface area contributed by atoms with Gasteiger partial charge in [-0.2, -0.15) is 8.42 Å². The van der Waals surface area contributed by atoms with Gasteiger partial charge in [0.1, 0.15) is 10.7 Å². The maximum atomic E-state index is 12.4. The topological polar surface area (TPSA) is 112 Å². The fourth-order valence-corrected chi connectivity index (χ4v) is 4.01. The quantitative estimate of drug-likeness (QED) is 0.481. The van der Waals surface area contributed by atoms with E-state index in [2.05, 4.69) is 5.16 Å². The summed E-state index contributed by atoms with van der Waals surface area (Å²) in [7, 11) is -4.06. The minimum atomic E-state index is -4.06. The zero-order chi connectivity index (χ0) is 19.9. The first-order valence-corrected chi connectivity index (χ1v) is 10.0. The van der Waals surface area contributed by atoms with E-state index < -0.39 is 15.0 Å². The molecule has 1 heterocycles. The SMILES string of the molecule is Cc1ccc(S(=O)(=O)O/N=C2/CCCc3oc4c([N+](=O)[O-])cccc4c32)cc1. The van der Waals surface area contributed by atoms with Crippen LogP contribution in [-0.2, 0) is 20.8 Å². The number of non-ortho nitro benzene ring substituents is 1. The lowest BCUT2D eigenvalue weighted by molar-refractivity contribution is -0.383. The highest BCUT2D eigenvalue weighted by atomic mass is 32.2. The highest BCUT2D eigenvalue weighted by Gasteiger charge is 2.28. The Labute approximate surface area is 160 Å². The molecule has 3 aromatic rings. The van der Waals surface area contributed by atoms with Crippen LogP contribution in [0.5, 0.6) is 0 Å². The van der Waals surface area contributed by atoms with E-state index >= 15 is 0 Å². The van der Waals surface area contributed by atoms with Crippen LogP contribution in [0.3, 0.4) is 0 Å². The third kappa shape index (κ3) is 3.13. The van der Waals surface area contributed by atoms with Crippen LogP contribution >= 0.6 is 0 Å². The molecule has 0 saturated heterocycles. The van der Waals surface area contributed by atoms with Gasteiger partial charge in [-0.1, -0.05) is 28.9 Å². The molecule has 144 valence electrons. The molecule has 0 atom stereocenters. The zero-order valence-electron chi connectivity index (χ0n) is 14.9. The van der Waals surface area contributed by atoms with Crippen molar-refractivity contribution in [3.05, 3.63) is 69.5 Å². The van der Waals surface area contributed by atoms with Crippen LogP contribution in [0.2, 0.25) is 0 Å². The molecule has 9 heteroatoms. The van der Waals surface area contributed by atoms with Crippen molar-refractivity contribution in [2.75, 3.05) is 0 Å². The van der Waals surface area contributed by atoms with Gasteiger partial charge in [-0.25, -0.2) is 0 Å². The highest BCUT2D eigenvalue weighted by Crippen LogP contribution is 2.36. The number of fused-ring (bicyclic) bond motifs is 3. The Bertz CT molecular complexity index is 1210. The molecule has 2 aromatic carbocycles. The molecule has 8 nitrogen and oxygen atoms in total. The summed E-state index contributed by atoms with van der Waals surface area (Å²) in [5, 5.41) is 15.7. The number of hydrogen-bond donors (Lipinski definition) is 0. The van der Waals surface area contributed by atoms with Crippen molar-refractivity contribution in [1.29, 1.82) is 0 Å². The summed E-state index contributed by atoms with van der Waals surface area (Å²) in [5.74, 6) is 0.547. The lowest BCUT2D eigenvalue weighted by atomic mass is 9.94. The van der Waals surface area contributed by atoms with E-state index in [1.54, 1.807) is 24.3 Å². The number of furan rings is 1. The third-order valence-electron chi connectivity index (χ3n) is 4.63. The molecule has 1 aliphatic carbocycles. The van der Waals surface area contributed by atoms with Crippen molar-refractivity contribution in [2.24, 2.45) is 5.16 Å². The molecule has 0 spiro atoms. The molecule has 0 unspecified atom stereocenters. The fraction of sp³-hybridized carbons (Fsp3) is 0.211. The fourth-order valence-electron chi connectivity index (χ4n) is 3.26. The average molecular weight is 400 g/mol. The number of benzene rings is 2. The minimum absolute atomic E-state index is 0.00572. The molecule has 0 N–H and O–H groups in total. The summed E-state index contributed by atoms with van der Waals surface area (Å²) in [6.07, 6.45) is 1.74. The van der Waals surface area contributed by atoms with Crippen LogP contribution in [-0.4, -0.2) is 19.1 Å². The Balaban J connectivity index is 1.75. The van der Waals surface area contributed by atoms with Crippen molar-refractivity contribution in [3.8, 4) is 0 Å². The summed E-state index contributed by atoms with van der Waals surface area (Å²) in [5.41, 5.74) is 1.92. The predicted octanol–water partition coefficient (Wildman–Crippen LogP) is 4.10. The first-order chi connectivity index (χ1) is 13.4. The maximum absolute atomic E-state index is 12.4. The molecule has 0 radical (unpaired) electrons. The van der Waals surface area contributed by atoms with Crippen molar-refractivity contribution in [1.82, 2.24) is 0 Å². The highest BCUT2D eigenvalue weighted by molar-refractivity contribution is 7.86. The van der Waals surface area contributed by atoms with Crippen molar-refractivity contribution >= 4 is 32.5 Å². The number of para-hydroxylation sites is 1. The van der Waals surface area contributed by atoms with Gasteiger partial charge in [-0.3, -0.25) is 14.4 Å². The molecule has 0 bridgehead atoms. The standard InChI is InChI=1S/C19H16N2O6S/c1-12-8-10-13(11-9-12)28(24,25)27-20-15-5-3-7-17-18(15)14-4-2-6-16(21(22)23)19(14)26-17/h2,4,6,8-11H,3,5,7H2,1H3/b20-15-. The number of nitro benzene ring substituents is 1. The van der Waals surface area contributed by atoms with E-state index in [4.69, 9.17) is 8.70 Å². The summed E-state index contributed by atoms with van der Waals surface area (Å²) < 4.78 is 35.5. The number of hydrogen-bond acceptors (Lipinski definition) is 7. The van der Waals surface area contributed by atoms with Crippen molar-refractivity contribution in [3.63, 3.8) is 0 Å². The van der Waals surface area contributed by atoms with E-state index in [1.807, 2.05) is 6.92 Å². The normalized spacial score (nSPS) is 15.5. The van der Waals surface area contributed by atoms with Crippen LogP contribution in [0.25, 0.3) is 11.0 Å². The Morgan fingerprint density at radius 2 is 1.89 bits per heavy atom. The minimum Gasteiger partial charge on any atom is -0.453 e. The first kappa shape index (κ1) is 18.2. The van der Waals surface area contributed by atoms with Gasteiger partial charge in [0.15, 0.2) is 0 Å². The Kier molecular flexibility index (Phi) is 4.38. The van der Waals surface area contributed by atoms with E-state index in [1.165, 1.54) is 18.2 Å². The van der Waals surface area contributed by atoms with Gasteiger partial charge in [0.2, 0.25) is 5.58 Å². The van der Waals surface area contributed by atoms with E-state index in [0.29, 0.717) is 41.7 Å². The monoisotopic (exact) mass is 400 g/mol. The summed E-state index contributed by atoms with van der Waals surface area (Å²) in [6.45, 7) is 1.85. The van der Waals surface area contributed by atoms with Crippen molar-refractivity contribution < 1.29 is 22.0 Å². The van der Waals surface area contributed by atoms with Crippen LogP contribution < -0.4 is 0 Å². The van der Waals surface area contributed by atoms with Gasteiger partial charge in [0.25, 0.3) is 0 Å². The largest absolute Gasteiger partial charge is 0.453 e. The molecule has 0 fully saturated rings. The van der Waals surface area contributed by atoms with E-state index in [-0.39, 0.29) is 16.2 Å². The molecule has 1 aromatic heterocycles. The first-order valence-electron chi connectivity index (χ1n) is 8.63. The number of nitro groups is 1. The smallest absolute Gasteiger partial charge is 0.358 e. The molecule has 4 rings (SSSR count). The summed E-state index contributed by atoms with van der Waals surface area (Å²) in [6, 6.07) is 10.9.